The van der Waals surface area contributed by atoms with Crippen molar-refractivity contribution in [2.75, 3.05) is 13.1 Å². The summed E-state index contributed by atoms with van der Waals surface area (Å²) in [6, 6.07) is -0.436. The van der Waals surface area contributed by atoms with E-state index in [1.807, 2.05) is 0 Å². The molecule has 0 aromatic rings. The number of primary amides is 1. The molecule has 0 unspecified atom stereocenters. The van der Waals surface area contributed by atoms with E-state index >= 15 is 0 Å². The van der Waals surface area contributed by atoms with Crippen LogP contribution in [0.1, 0.15) is 6.42 Å². The molecule has 1 atom stereocenters. The van der Waals surface area contributed by atoms with Crippen LogP contribution in [0.3, 0.4) is 0 Å². The quantitative estimate of drug-likeness (QED) is 0.487. The molecule has 0 aromatic carbocycles. The van der Waals surface area contributed by atoms with Crippen molar-refractivity contribution in [1.29, 1.82) is 0 Å². The van der Waals surface area contributed by atoms with Crippen molar-refractivity contribution in [3.63, 3.8) is 0 Å². The highest BCUT2D eigenvalue weighted by Gasteiger charge is 2.28. The van der Waals surface area contributed by atoms with Crippen molar-refractivity contribution in [2.24, 2.45) is 11.5 Å². The second-order valence-corrected chi connectivity index (χ2v) is 2.62. The average molecular weight is 157 g/mol. The minimum Gasteiger partial charge on any atom is -0.368 e. The van der Waals surface area contributed by atoms with Crippen molar-refractivity contribution >= 4 is 11.8 Å². The molecule has 1 heterocycles. The summed E-state index contributed by atoms with van der Waals surface area (Å²) in [6.45, 7) is 0.537. The van der Waals surface area contributed by atoms with Crippen molar-refractivity contribution in [3.8, 4) is 0 Å². The Bertz CT molecular complexity index is 192. The number of hydrogen-bond acceptors (Lipinski definition) is 3. The second kappa shape index (κ2) is 2.87. The Hall–Kier alpha value is -1.10. The fourth-order valence-electron chi connectivity index (χ4n) is 1.11. The van der Waals surface area contributed by atoms with Gasteiger partial charge in [0, 0.05) is 6.54 Å². The third-order valence-corrected chi connectivity index (χ3v) is 1.69. The van der Waals surface area contributed by atoms with Gasteiger partial charge in [-0.2, -0.15) is 0 Å². The number of amides is 2. The fraction of sp³-hybridized carbons (Fsp3) is 0.667. The Kier molecular flexibility index (Phi) is 2.09. The average Bonchev–Trinajstić information content (AvgIpc) is 2.18. The van der Waals surface area contributed by atoms with Gasteiger partial charge in [-0.3, -0.25) is 9.59 Å². The van der Waals surface area contributed by atoms with Crippen LogP contribution in [0, 0.1) is 0 Å². The molecule has 0 aliphatic carbocycles. The Morgan fingerprint density at radius 3 is 2.73 bits per heavy atom. The van der Waals surface area contributed by atoms with Crippen LogP contribution in [-0.2, 0) is 9.59 Å². The summed E-state index contributed by atoms with van der Waals surface area (Å²) in [5, 5.41) is 0. The summed E-state index contributed by atoms with van der Waals surface area (Å²) >= 11 is 0. The van der Waals surface area contributed by atoms with E-state index in [2.05, 4.69) is 0 Å². The lowest BCUT2D eigenvalue weighted by Crippen LogP contribution is -2.39. The van der Waals surface area contributed by atoms with Gasteiger partial charge in [-0.1, -0.05) is 0 Å². The fourth-order valence-corrected chi connectivity index (χ4v) is 1.11. The van der Waals surface area contributed by atoms with Crippen molar-refractivity contribution in [2.45, 2.75) is 12.5 Å². The Balaban J connectivity index is 2.49. The van der Waals surface area contributed by atoms with Crippen LogP contribution in [0.25, 0.3) is 0 Å². The topological polar surface area (TPSA) is 89.4 Å². The molecule has 0 saturated carbocycles. The number of carbonyl (C=O) groups excluding carboxylic acids is 2. The van der Waals surface area contributed by atoms with Crippen LogP contribution in [0.4, 0.5) is 0 Å². The molecule has 62 valence electrons. The van der Waals surface area contributed by atoms with Crippen LogP contribution < -0.4 is 11.5 Å². The standard InChI is InChI=1S/C6H11N3O2/c7-4-1-2-9(6(4)11)3-5(8)10/h4H,1-3,7H2,(H2,8,10)/t4-/m0/s1. The predicted molar refractivity (Wildman–Crippen MR) is 38.4 cm³/mol. The zero-order valence-electron chi connectivity index (χ0n) is 6.12. The lowest BCUT2D eigenvalue weighted by molar-refractivity contribution is -0.132. The van der Waals surface area contributed by atoms with Gasteiger partial charge in [-0.15, -0.1) is 0 Å². The summed E-state index contributed by atoms with van der Waals surface area (Å²) < 4.78 is 0. The van der Waals surface area contributed by atoms with Crippen molar-refractivity contribution < 1.29 is 9.59 Å². The zero-order valence-corrected chi connectivity index (χ0v) is 6.12. The molecule has 1 aliphatic rings. The van der Waals surface area contributed by atoms with Crippen molar-refractivity contribution in [1.82, 2.24) is 4.90 Å². The van der Waals surface area contributed by atoms with E-state index < -0.39 is 11.9 Å². The Labute approximate surface area is 64.3 Å². The summed E-state index contributed by atoms with van der Waals surface area (Å²) in [6.07, 6.45) is 0.617. The maximum absolute atomic E-state index is 11.0. The Morgan fingerprint density at radius 2 is 2.36 bits per heavy atom. The third kappa shape index (κ3) is 1.68. The zero-order chi connectivity index (χ0) is 8.43. The van der Waals surface area contributed by atoms with Gasteiger partial charge in [-0.05, 0) is 6.42 Å². The first-order valence-corrected chi connectivity index (χ1v) is 3.44. The Morgan fingerprint density at radius 1 is 1.73 bits per heavy atom. The second-order valence-electron chi connectivity index (χ2n) is 2.62. The summed E-state index contributed by atoms with van der Waals surface area (Å²) in [5.74, 6) is -0.670. The van der Waals surface area contributed by atoms with Gasteiger partial charge in [0.05, 0.1) is 12.6 Å². The monoisotopic (exact) mass is 157 g/mol. The molecule has 0 bridgehead atoms. The van der Waals surface area contributed by atoms with E-state index in [9.17, 15) is 9.59 Å². The molecular weight excluding hydrogens is 146 g/mol. The number of rotatable bonds is 2. The number of nitrogens with two attached hydrogens (primary N) is 2. The maximum Gasteiger partial charge on any atom is 0.240 e. The molecule has 11 heavy (non-hydrogen) atoms. The number of likely N-dealkylation sites (tertiary alicyclic amines) is 1. The first-order valence-electron chi connectivity index (χ1n) is 3.44. The summed E-state index contributed by atoms with van der Waals surface area (Å²) in [7, 11) is 0. The highest BCUT2D eigenvalue weighted by molar-refractivity contribution is 5.88. The molecule has 0 aromatic heterocycles. The predicted octanol–water partition coefficient (Wildman–Crippen LogP) is -1.97. The minimum atomic E-state index is -0.493. The molecule has 1 aliphatic heterocycles. The van der Waals surface area contributed by atoms with Gasteiger partial charge >= 0.3 is 0 Å². The number of nitrogens with zero attached hydrogens (tertiary/aromatic N) is 1. The SMILES string of the molecule is NC(=O)CN1CC[C@H](N)C1=O. The molecule has 0 spiro atoms. The first-order chi connectivity index (χ1) is 5.11. The highest BCUT2D eigenvalue weighted by atomic mass is 16.2. The molecule has 1 rings (SSSR count). The number of hydrogen-bond donors (Lipinski definition) is 2. The summed E-state index contributed by atoms with van der Waals surface area (Å²) in [5.41, 5.74) is 10.3. The van der Waals surface area contributed by atoms with Gasteiger partial charge in [0.15, 0.2) is 0 Å². The van der Waals surface area contributed by atoms with E-state index in [0.29, 0.717) is 13.0 Å². The molecule has 2 amide bonds. The van der Waals surface area contributed by atoms with E-state index in [1.54, 1.807) is 0 Å². The van der Waals surface area contributed by atoms with E-state index in [0.717, 1.165) is 0 Å². The van der Waals surface area contributed by atoms with Crippen LogP contribution in [0.2, 0.25) is 0 Å². The number of carbonyl (C=O) groups is 2. The maximum atomic E-state index is 11.0. The van der Waals surface area contributed by atoms with E-state index in [4.69, 9.17) is 11.5 Å². The third-order valence-electron chi connectivity index (χ3n) is 1.69. The van der Waals surface area contributed by atoms with Crippen molar-refractivity contribution in [3.05, 3.63) is 0 Å². The lowest BCUT2D eigenvalue weighted by atomic mass is 10.3. The van der Waals surface area contributed by atoms with Crippen LogP contribution in [0.15, 0.2) is 0 Å². The highest BCUT2D eigenvalue weighted by Crippen LogP contribution is 2.07. The van der Waals surface area contributed by atoms with Gasteiger partial charge in [0.2, 0.25) is 11.8 Å². The summed E-state index contributed by atoms with van der Waals surface area (Å²) in [4.78, 5) is 22.8. The van der Waals surface area contributed by atoms with Crippen LogP contribution in [-0.4, -0.2) is 35.8 Å². The molecule has 1 fully saturated rings. The molecular formula is C6H11N3O2. The van der Waals surface area contributed by atoms with Crippen LogP contribution >= 0.6 is 0 Å². The minimum absolute atomic E-state index is 0.00741. The molecule has 4 N–H and O–H groups in total. The van der Waals surface area contributed by atoms with E-state index in [1.165, 1.54) is 4.90 Å². The van der Waals surface area contributed by atoms with Gasteiger partial charge in [0.1, 0.15) is 0 Å². The normalized spacial score (nSPS) is 24.3. The lowest BCUT2D eigenvalue weighted by Gasteiger charge is -2.12. The molecule has 1 saturated heterocycles. The smallest absolute Gasteiger partial charge is 0.240 e. The van der Waals surface area contributed by atoms with Gasteiger partial charge in [0.25, 0.3) is 0 Å². The molecule has 5 nitrogen and oxygen atoms in total. The molecule has 5 heteroatoms. The van der Waals surface area contributed by atoms with Crippen LogP contribution in [0.5, 0.6) is 0 Å². The molecule has 0 radical (unpaired) electrons. The first kappa shape index (κ1) is 8.00. The van der Waals surface area contributed by atoms with E-state index in [-0.39, 0.29) is 12.5 Å². The largest absolute Gasteiger partial charge is 0.368 e. The van der Waals surface area contributed by atoms with Gasteiger partial charge < -0.3 is 16.4 Å². The van der Waals surface area contributed by atoms with Gasteiger partial charge in [-0.25, -0.2) is 0 Å².